The summed E-state index contributed by atoms with van der Waals surface area (Å²) >= 11 is 0. The van der Waals surface area contributed by atoms with Crippen LogP contribution < -0.4 is 26.6 Å². The molecule has 2 unspecified atom stereocenters. The lowest BCUT2D eigenvalue weighted by Gasteiger charge is -2.35. The molecule has 1 aromatic rings. The van der Waals surface area contributed by atoms with Gasteiger partial charge in [-0.1, -0.05) is 5.18 Å². The zero-order valence-corrected chi connectivity index (χ0v) is 16.0. The van der Waals surface area contributed by atoms with Gasteiger partial charge < -0.3 is 20.9 Å². The van der Waals surface area contributed by atoms with E-state index in [1.54, 1.807) is 24.2 Å². The number of piperazine rings is 1. The molecule has 158 valence electrons. The van der Waals surface area contributed by atoms with Crippen molar-refractivity contribution < 1.29 is 14.0 Å². The van der Waals surface area contributed by atoms with Gasteiger partial charge in [-0.3, -0.25) is 25.2 Å². The van der Waals surface area contributed by atoms with E-state index in [9.17, 15) is 18.9 Å². The van der Waals surface area contributed by atoms with E-state index in [1.165, 1.54) is 6.20 Å². The number of amides is 2. The summed E-state index contributed by atoms with van der Waals surface area (Å²) in [5.41, 5.74) is 6.78. The number of hydrogen-bond donors (Lipinski definition) is 4. The molecule has 5 N–H and O–H groups in total. The maximum atomic E-state index is 13.4. The molecular weight excluding hydrogens is 383 g/mol. The molecule has 0 aliphatic carbocycles. The van der Waals surface area contributed by atoms with Gasteiger partial charge in [0.2, 0.25) is 11.8 Å². The molecule has 3 heterocycles. The van der Waals surface area contributed by atoms with Crippen LogP contribution in [0.4, 0.5) is 15.8 Å². The van der Waals surface area contributed by atoms with Gasteiger partial charge in [-0.15, -0.1) is 4.91 Å². The molecule has 0 aromatic carbocycles. The summed E-state index contributed by atoms with van der Waals surface area (Å²) in [7, 11) is 1.74. The third-order valence-electron chi connectivity index (χ3n) is 5.12. The Morgan fingerprint density at radius 2 is 2.14 bits per heavy atom. The van der Waals surface area contributed by atoms with Gasteiger partial charge in [0.25, 0.3) is 0 Å². The molecular formula is C17H25FN8O3. The molecule has 2 fully saturated rings. The fraction of sp³-hybridized carbons (Fsp3) is 0.588. The lowest BCUT2D eigenvalue weighted by atomic mass is 9.99. The molecule has 0 saturated carbocycles. The van der Waals surface area contributed by atoms with Gasteiger partial charge in [-0.05, 0) is 6.07 Å². The number of likely N-dealkylation sites (N-methyl/N-ethyl adjacent to an activating group) is 1. The number of carbonyl (C=O) groups excluding carboxylic acids is 2. The highest BCUT2D eigenvalue weighted by Gasteiger charge is 2.37. The maximum absolute atomic E-state index is 13.4. The van der Waals surface area contributed by atoms with Crippen LogP contribution in [0.25, 0.3) is 0 Å². The van der Waals surface area contributed by atoms with Crippen molar-refractivity contribution in [2.24, 2.45) is 16.8 Å². The Kier molecular flexibility index (Phi) is 6.67. The smallest absolute Gasteiger partial charge is 0.241 e. The average Bonchev–Trinajstić information content (AvgIpc) is 2.72. The van der Waals surface area contributed by atoms with Crippen molar-refractivity contribution in [3.8, 4) is 0 Å². The lowest BCUT2D eigenvalue weighted by Crippen LogP contribution is -2.62. The van der Waals surface area contributed by atoms with E-state index >= 15 is 0 Å². The predicted octanol–water partition coefficient (Wildman–Crippen LogP) is -1.18. The number of rotatable bonds is 6. The minimum Gasteiger partial charge on any atom is -0.359 e. The molecule has 0 bridgehead atoms. The monoisotopic (exact) mass is 408 g/mol. The van der Waals surface area contributed by atoms with Crippen molar-refractivity contribution in [2.45, 2.75) is 18.5 Å². The van der Waals surface area contributed by atoms with Gasteiger partial charge in [0, 0.05) is 39.4 Å². The van der Waals surface area contributed by atoms with Gasteiger partial charge in [-0.2, -0.15) is 0 Å². The van der Waals surface area contributed by atoms with Crippen LogP contribution >= 0.6 is 0 Å². The minimum absolute atomic E-state index is 0.0354. The SMILES string of the molecule is CN1CCN(c2ccncc2NC(=O)C(C(N)N=O)C2NCC(F)CN2)CC1=O. The number of alkyl halides is 1. The Labute approximate surface area is 167 Å². The number of nitrogens with two attached hydrogens (primary N) is 1. The predicted molar refractivity (Wildman–Crippen MR) is 105 cm³/mol. The number of carbonyl (C=O) groups is 2. The number of nitrogens with one attached hydrogen (secondary N) is 3. The molecule has 2 aliphatic heterocycles. The Balaban J connectivity index is 1.78. The number of anilines is 2. The minimum atomic E-state index is -1.33. The summed E-state index contributed by atoms with van der Waals surface area (Å²) < 4.78 is 13.4. The third kappa shape index (κ3) is 4.83. The van der Waals surface area contributed by atoms with Gasteiger partial charge in [0.1, 0.15) is 12.1 Å². The molecule has 2 saturated heterocycles. The molecule has 11 nitrogen and oxygen atoms in total. The topological polar surface area (TPSA) is 145 Å². The van der Waals surface area contributed by atoms with Crippen LogP contribution in [0.2, 0.25) is 0 Å². The first-order chi connectivity index (χ1) is 13.9. The average molecular weight is 408 g/mol. The molecule has 0 spiro atoms. The lowest BCUT2D eigenvalue weighted by molar-refractivity contribution is -0.129. The largest absolute Gasteiger partial charge is 0.359 e. The van der Waals surface area contributed by atoms with Crippen LogP contribution in [-0.4, -0.2) is 80.0 Å². The fourth-order valence-electron chi connectivity index (χ4n) is 3.42. The summed E-state index contributed by atoms with van der Waals surface area (Å²) in [6.45, 7) is 1.39. The van der Waals surface area contributed by atoms with Crippen LogP contribution in [-0.2, 0) is 9.59 Å². The van der Waals surface area contributed by atoms with Crippen molar-refractivity contribution in [1.29, 1.82) is 0 Å². The number of aromatic nitrogens is 1. The van der Waals surface area contributed by atoms with Crippen LogP contribution in [0.3, 0.4) is 0 Å². The van der Waals surface area contributed by atoms with Crippen LogP contribution in [0, 0.1) is 10.8 Å². The molecule has 2 atom stereocenters. The molecule has 1 aromatic heterocycles. The van der Waals surface area contributed by atoms with Crippen molar-refractivity contribution in [1.82, 2.24) is 20.5 Å². The third-order valence-corrected chi connectivity index (χ3v) is 5.12. The molecule has 0 radical (unpaired) electrons. The molecule has 29 heavy (non-hydrogen) atoms. The Morgan fingerprint density at radius 3 is 2.79 bits per heavy atom. The second kappa shape index (κ2) is 9.20. The standard InChI is InChI=1S/C17H25FN8O3/c1-25-4-5-26(9-13(25)27)12-2-3-20-8-11(12)23-17(28)14(15(19)24-29)16-21-6-10(18)7-22-16/h2-3,8,10,14-16,21-22H,4-7,9,19H2,1H3,(H,23,28). The van der Waals surface area contributed by atoms with E-state index in [0.717, 1.165) is 0 Å². The van der Waals surface area contributed by atoms with Gasteiger partial charge >= 0.3 is 0 Å². The van der Waals surface area contributed by atoms with Crippen LogP contribution in [0.15, 0.2) is 23.6 Å². The first-order valence-electron chi connectivity index (χ1n) is 9.33. The van der Waals surface area contributed by atoms with Crippen molar-refractivity contribution in [3.05, 3.63) is 23.4 Å². The summed E-state index contributed by atoms with van der Waals surface area (Å²) in [6, 6.07) is 1.70. The molecule has 3 rings (SSSR count). The van der Waals surface area contributed by atoms with E-state index in [0.29, 0.717) is 24.5 Å². The first-order valence-corrected chi connectivity index (χ1v) is 9.33. The molecule has 12 heteroatoms. The number of nitroso groups, excluding NO2 is 1. The van der Waals surface area contributed by atoms with E-state index < -0.39 is 30.3 Å². The summed E-state index contributed by atoms with van der Waals surface area (Å²) in [5.74, 6) is -1.66. The Bertz CT molecular complexity index is 758. The van der Waals surface area contributed by atoms with Crippen LogP contribution in [0.1, 0.15) is 0 Å². The number of hydrogen-bond acceptors (Lipinski definition) is 9. The molecule has 2 amide bonds. The summed E-state index contributed by atoms with van der Waals surface area (Å²) in [6.07, 6.45) is -0.112. The number of nitrogens with zero attached hydrogens (tertiary/aromatic N) is 4. The van der Waals surface area contributed by atoms with Gasteiger partial charge in [0.15, 0.2) is 6.17 Å². The Morgan fingerprint density at radius 1 is 1.41 bits per heavy atom. The van der Waals surface area contributed by atoms with Crippen molar-refractivity contribution in [3.63, 3.8) is 0 Å². The van der Waals surface area contributed by atoms with Gasteiger partial charge in [0.05, 0.1) is 30.3 Å². The highest BCUT2D eigenvalue weighted by molar-refractivity contribution is 5.97. The first kappa shape index (κ1) is 21.0. The zero-order chi connectivity index (χ0) is 21.0. The van der Waals surface area contributed by atoms with E-state index in [-0.39, 0.29) is 25.5 Å². The second-order valence-corrected chi connectivity index (χ2v) is 7.13. The summed E-state index contributed by atoms with van der Waals surface area (Å²) in [5, 5.41) is 11.2. The highest BCUT2D eigenvalue weighted by Crippen LogP contribution is 2.27. The summed E-state index contributed by atoms with van der Waals surface area (Å²) in [4.78, 5) is 43.6. The van der Waals surface area contributed by atoms with Gasteiger partial charge in [-0.25, -0.2) is 4.39 Å². The van der Waals surface area contributed by atoms with E-state index in [1.807, 2.05) is 4.90 Å². The van der Waals surface area contributed by atoms with Crippen LogP contribution in [0.5, 0.6) is 0 Å². The fourth-order valence-corrected chi connectivity index (χ4v) is 3.42. The van der Waals surface area contributed by atoms with E-state index in [4.69, 9.17) is 5.73 Å². The molecule has 2 aliphatic rings. The second-order valence-electron chi connectivity index (χ2n) is 7.13. The highest BCUT2D eigenvalue weighted by atomic mass is 19.1. The zero-order valence-electron chi connectivity index (χ0n) is 16.0. The normalized spacial score (nSPS) is 24.7. The van der Waals surface area contributed by atoms with Crippen molar-refractivity contribution in [2.75, 3.05) is 50.0 Å². The Hall–Kier alpha value is -2.70. The van der Waals surface area contributed by atoms with E-state index in [2.05, 4.69) is 26.1 Å². The quantitative estimate of drug-likeness (QED) is 0.431. The van der Waals surface area contributed by atoms with Crippen molar-refractivity contribution >= 4 is 23.2 Å². The maximum Gasteiger partial charge on any atom is 0.241 e. The number of halogens is 1. The number of pyridine rings is 1.